The number of esters is 4. The van der Waals surface area contributed by atoms with Crippen molar-refractivity contribution in [3.63, 3.8) is 0 Å². The summed E-state index contributed by atoms with van der Waals surface area (Å²) in [6.07, 6.45) is 14.3. The van der Waals surface area contributed by atoms with Crippen molar-refractivity contribution in [2.45, 2.75) is 78.1 Å². The molecule has 0 aliphatic heterocycles. The van der Waals surface area contributed by atoms with Crippen molar-refractivity contribution in [1.29, 1.82) is 0 Å². The van der Waals surface area contributed by atoms with E-state index in [9.17, 15) is 19.2 Å². The van der Waals surface area contributed by atoms with Crippen molar-refractivity contribution >= 4 is 23.9 Å². The molecule has 12 heteroatoms. The van der Waals surface area contributed by atoms with Gasteiger partial charge in [-0.2, -0.15) is 0 Å². The molecule has 2 aliphatic rings. The fourth-order valence-corrected chi connectivity index (χ4v) is 6.12. The van der Waals surface area contributed by atoms with Crippen LogP contribution >= 0.6 is 0 Å². The highest BCUT2D eigenvalue weighted by Gasteiger charge is 2.34. The molecule has 12 nitrogen and oxygen atoms in total. The van der Waals surface area contributed by atoms with Gasteiger partial charge in [0.1, 0.15) is 13.2 Å². The lowest BCUT2D eigenvalue weighted by Gasteiger charge is -2.28. The molecule has 2 heterocycles. The summed E-state index contributed by atoms with van der Waals surface area (Å²) in [7, 11) is 3.77. The zero-order valence-electron chi connectivity index (χ0n) is 27.7. The molecule has 2 fully saturated rings. The maximum atomic E-state index is 13.3. The van der Waals surface area contributed by atoms with Gasteiger partial charge >= 0.3 is 23.9 Å². The molecule has 0 N–H and O–H groups in total. The summed E-state index contributed by atoms with van der Waals surface area (Å²) in [6.45, 7) is 3.85. The molecule has 4 atom stereocenters. The molecule has 2 saturated carbocycles. The van der Waals surface area contributed by atoms with Crippen LogP contribution in [0, 0.1) is 35.5 Å². The van der Waals surface area contributed by atoms with E-state index in [1.165, 1.54) is 0 Å². The topological polar surface area (TPSA) is 141 Å². The number of rotatable bonds is 19. The molecule has 0 bridgehead atoms. The summed E-state index contributed by atoms with van der Waals surface area (Å²) >= 11 is 0. The first-order chi connectivity index (χ1) is 22.2. The zero-order valence-corrected chi connectivity index (χ0v) is 27.7. The van der Waals surface area contributed by atoms with Crippen molar-refractivity contribution in [2.24, 2.45) is 49.6 Å². The lowest BCUT2D eigenvalue weighted by molar-refractivity contribution is -0.163. The average molecular weight is 643 g/mol. The number of carbonyl (C=O) groups excluding carboxylic acids is 4. The van der Waals surface area contributed by atoms with E-state index in [0.717, 1.165) is 49.9 Å². The van der Waals surface area contributed by atoms with E-state index in [-0.39, 0.29) is 62.0 Å². The van der Waals surface area contributed by atoms with Gasteiger partial charge in [0, 0.05) is 49.7 Å². The number of hydrogen-bond acceptors (Lipinski definition) is 10. The Kier molecular flexibility index (Phi) is 13.2. The van der Waals surface area contributed by atoms with Gasteiger partial charge in [-0.25, -0.2) is 9.97 Å². The highest BCUT2D eigenvalue weighted by Crippen LogP contribution is 2.30. The van der Waals surface area contributed by atoms with Crippen molar-refractivity contribution in [3.8, 4) is 0 Å². The first-order valence-corrected chi connectivity index (χ1v) is 16.8. The predicted molar refractivity (Wildman–Crippen MR) is 167 cm³/mol. The smallest absolute Gasteiger partial charge is 0.309 e. The molecule has 0 saturated heterocycles. The molecule has 0 radical (unpaired) electrons. The fraction of sp³-hybridized carbons (Fsp3) is 0.706. The third-order valence-corrected chi connectivity index (χ3v) is 9.73. The summed E-state index contributed by atoms with van der Waals surface area (Å²) in [5.41, 5.74) is 1.85. The summed E-state index contributed by atoms with van der Waals surface area (Å²) in [5, 5.41) is 0. The molecule has 46 heavy (non-hydrogen) atoms. The Bertz CT molecular complexity index is 1200. The van der Waals surface area contributed by atoms with Crippen LogP contribution in [-0.4, -0.2) is 69.4 Å². The Balaban J connectivity index is 1.31. The third-order valence-electron chi connectivity index (χ3n) is 9.73. The second-order valence-corrected chi connectivity index (χ2v) is 12.8. The molecule has 2 aliphatic carbocycles. The summed E-state index contributed by atoms with van der Waals surface area (Å²) in [5.74, 6) is -2.98. The van der Waals surface area contributed by atoms with Gasteiger partial charge in [-0.15, -0.1) is 0 Å². The molecule has 2 aromatic heterocycles. The number of aryl methyl sites for hydroxylation is 2. The minimum Gasteiger partial charge on any atom is -0.465 e. The molecular weight excluding hydrogens is 592 g/mol. The van der Waals surface area contributed by atoms with E-state index in [1.54, 1.807) is 25.0 Å². The number of ether oxygens (including phenoxy) is 4. The van der Waals surface area contributed by atoms with E-state index in [2.05, 4.69) is 9.97 Å². The van der Waals surface area contributed by atoms with Crippen LogP contribution in [0.5, 0.6) is 0 Å². The van der Waals surface area contributed by atoms with E-state index in [1.807, 2.05) is 37.1 Å². The van der Waals surface area contributed by atoms with Gasteiger partial charge in [0.2, 0.25) is 0 Å². The van der Waals surface area contributed by atoms with E-state index in [0.29, 0.717) is 25.7 Å². The Hall–Kier alpha value is -3.70. The van der Waals surface area contributed by atoms with Gasteiger partial charge in [-0.3, -0.25) is 19.2 Å². The van der Waals surface area contributed by atoms with Gasteiger partial charge in [0.15, 0.2) is 0 Å². The van der Waals surface area contributed by atoms with Gasteiger partial charge in [-0.1, -0.05) is 26.7 Å². The van der Waals surface area contributed by atoms with Crippen LogP contribution in [0.2, 0.25) is 0 Å². The molecule has 2 aromatic rings. The number of aromatic nitrogens is 4. The molecule has 0 amide bonds. The van der Waals surface area contributed by atoms with Crippen molar-refractivity contribution < 1.29 is 38.1 Å². The highest BCUT2D eigenvalue weighted by molar-refractivity contribution is 5.75. The predicted octanol–water partition coefficient (Wildman–Crippen LogP) is 4.00. The minimum absolute atomic E-state index is 0.0514. The van der Waals surface area contributed by atoms with Crippen LogP contribution < -0.4 is 0 Å². The van der Waals surface area contributed by atoms with E-state index in [4.69, 9.17) is 18.9 Å². The van der Waals surface area contributed by atoms with E-state index >= 15 is 0 Å². The number of carbonyl (C=O) groups is 4. The highest BCUT2D eigenvalue weighted by atomic mass is 16.6. The number of nitrogens with zero attached hydrogens (tertiary/aromatic N) is 4. The maximum Gasteiger partial charge on any atom is 0.309 e. The summed E-state index contributed by atoms with van der Waals surface area (Å²) in [6, 6.07) is 0. The van der Waals surface area contributed by atoms with Crippen LogP contribution in [0.3, 0.4) is 0 Å². The Morgan fingerprint density at radius 1 is 0.696 bits per heavy atom. The van der Waals surface area contributed by atoms with Gasteiger partial charge < -0.3 is 28.1 Å². The summed E-state index contributed by atoms with van der Waals surface area (Å²) in [4.78, 5) is 59.9. The van der Waals surface area contributed by atoms with Crippen molar-refractivity contribution in [2.75, 3.05) is 26.4 Å². The standard InChI is InChI=1S/C34H50N4O8/c1-5-29(25(15-27-17-35-21-37(27)3)19-45-31(39)23-9-7-10-23)33(41)43-13-14-44-34(42)30(6-2)26(16-28-18-36-22-38(28)4)20-46-32(40)24-11-8-12-24/h17-18,21-26,29-30H,5-16,19-20H2,1-4H3. The second-order valence-electron chi connectivity index (χ2n) is 12.8. The Labute approximate surface area is 271 Å². The van der Waals surface area contributed by atoms with Crippen LogP contribution in [-0.2, 0) is 65.1 Å². The molecule has 0 aromatic carbocycles. The van der Waals surface area contributed by atoms with Crippen molar-refractivity contribution in [3.05, 3.63) is 36.4 Å². The quantitative estimate of drug-likeness (QED) is 0.125. The molecule has 4 rings (SSSR count). The third kappa shape index (κ3) is 9.42. The summed E-state index contributed by atoms with van der Waals surface area (Å²) < 4.78 is 26.3. The Morgan fingerprint density at radius 2 is 1.09 bits per heavy atom. The molecule has 254 valence electrons. The molecule has 0 spiro atoms. The first-order valence-electron chi connectivity index (χ1n) is 16.8. The number of hydrogen-bond donors (Lipinski definition) is 0. The van der Waals surface area contributed by atoms with E-state index < -0.39 is 23.8 Å². The van der Waals surface area contributed by atoms with Crippen LogP contribution in [0.15, 0.2) is 25.0 Å². The Morgan fingerprint density at radius 3 is 1.37 bits per heavy atom. The van der Waals surface area contributed by atoms with Crippen LogP contribution in [0.25, 0.3) is 0 Å². The van der Waals surface area contributed by atoms with Gasteiger partial charge in [0.05, 0.1) is 49.5 Å². The average Bonchev–Trinajstić information content (AvgIpc) is 3.57. The first kappa shape index (κ1) is 35.2. The zero-order chi connectivity index (χ0) is 33.1. The van der Waals surface area contributed by atoms with Crippen LogP contribution in [0.4, 0.5) is 0 Å². The molecular formula is C34H50N4O8. The van der Waals surface area contributed by atoms with Crippen LogP contribution in [0.1, 0.15) is 76.6 Å². The lowest BCUT2D eigenvalue weighted by atomic mass is 9.85. The second kappa shape index (κ2) is 17.3. The fourth-order valence-electron chi connectivity index (χ4n) is 6.12. The van der Waals surface area contributed by atoms with Gasteiger partial charge in [-0.05, 0) is 51.4 Å². The minimum atomic E-state index is -0.517. The maximum absolute atomic E-state index is 13.3. The monoisotopic (exact) mass is 642 g/mol. The largest absolute Gasteiger partial charge is 0.465 e. The lowest BCUT2D eigenvalue weighted by Crippen LogP contribution is -2.35. The van der Waals surface area contributed by atoms with Gasteiger partial charge in [0.25, 0.3) is 0 Å². The number of imidazole rings is 2. The SMILES string of the molecule is CCC(C(=O)OCCOC(=O)C(CC)C(COC(=O)C1CCC1)Cc1cncn1C)C(COC(=O)C1CCC1)Cc1cncn1C. The van der Waals surface area contributed by atoms with Crippen molar-refractivity contribution in [1.82, 2.24) is 19.1 Å². The molecule has 4 unspecified atom stereocenters. The normalized spacial score (nSPS) is 17.6.